The maximum atomic E-state index is 12.4. The van der Waals surface area contributed by atoms with Crippen molar-refractivity contribution in [3.05, 3.63) is 47.5 Å². The Morgan fingerprint density at radius 2 is 2.00 bits per heavy atom. The molecule has 2 aliphatic heterocycles. The van der Waals surface area contributed by atoms with Gasteiger partial charge in [0.25, 0.3) is 0 Å². The maximum Gasteiger partial charge on any atom is 0.335 e. The molecule has 4 rings (SSSR count). The lowest BCUT2D eigenvalue weighted by Gasteiger charge is -2.29. The first-order valence-electron chi connectivity index (χ1n) is 7.31. The molecule has 2 aliphatic rings. The van der Waals surface area contributed by atoms with E-state index in [1.54, 1.807) is 23.1 Å². The third kappa shape index (κ3) is 2.56. The summed E-state index contributed by atoms with van der Waals surface area (Å²) in [6.45, 7) is 0.551. The van der Waals surface area contributed by atoms with Crippen molar-refractivity contribution in [2.75, 3.05) is 17.4 Å². The third-order valence-electron chi connectivity index (χ3n) is 3.93. The molecule has 0 saturated carbocycles. The molecule has 0 unspecified atom stereocenters. The Kier molecular flexibility index (Phi) is 3.57. The van der Waals surface area contributed by atoms with Crippen molar-refractivity contribution in [1.82, 2.24) is 0 Å². The van der Waals surface area contributed by atoms with Gasteiger partial charge in [0.15, 0.2) is 11.5 Å². The molecule has 6 nitrogen and oxygen atoms in total. The monoisotopic (exact) mass is 343 g/mol. The average molecular weight is 343 g/mol. The number of hydrogen-bond donors (Lipinski definition) is 1. The van der Waals surface area contributed by atoms with Crippen LogP contribution in [-0.2, 0) is 11.3 Å². The summed E-state index contributed by atoms with van der Waals surface area (Å²) in [5.74, 6) is 0.625. The molecule has 1 N–H and O–H groups in total. The van der Waals surface area contributed by atoms with E-state index in [2.05, 4.69) is 0 Å². The number of hydrogen-bond acceptors (Lipinski definition) is 5. The lowest BCUT2D eigenvalue weighted by atomic mass is 10.1. The second-order valence-corrected chi connectivity index (χ2v) is 6.46. The Balaban J connectivity index is 1.69. The van der Waals surface area contributed by atoms with E-state index in [4.69, 9.17) is 9.47 Å². The van der Waals surface area contributed by atoms with Crippen molar-refractivity contribution in [3.8, 4) is 11.5 Å². The van der Waals surface area contributed by atoms with Gasteiger partial charge in [-0.15, -0.1) is 11.8 Å². The maximum absolute atomic E-state index is 12.4. The van der Waals surface area contributed by atoms with E-state index in [-0.39, 0.29) is 18.3 Å². The quantitative estimate of drug-likeness (QED) is 0.923. The number of carboxylic acid groups (broad SMARTS) is 1. The molecular weight excluding hydrogens is 330 g/mol. The zero-order valence-corrected chi connectivity index (χ0v) is 13.3. The molecule has 7 heteroatoms. The molecule has 0 atom stereocenters. The van der Waals surface area contributed by atoms with Gasteiger partial charge in [-0.1, -0.05) is 6.07 Å². The zero-order chi connectivity index (χ0) is 16.7. The van der Waals surface area contributed by atoms with Crippen LogP contribution in [0.3, 0.4) is 0 Å². The van der Waals surface area contributed by atoms with E-state index in [0.29, 0.717) is 29.5 Å². The number of thioether (sulfide) groups is 1. The van der Waals surface area contributed by atoms with Crippen LogP contribution in [0.2, 0.25) is 0 Å². The largest absolute Gasteiger partial charge is 0.478 e. The number of fused-ring (bicyclic) bond motifs is 2. The SMILES string of the molecule is O=C(O)c1ccc2c(c1)N(Cc1ccc3c(c1)OCO3)C(=O)CS2. The molecule has 0 aliphatic carbocycles. The molecular formula is C17H13NO5S. The predicted octanol–water partition coefficient (Wildman–Crippen LogP) is 2.75. The molecule has 2 aromatic rings. The summed E-state index contributed by atoms with van der Waals surface area (Å²) in [5.41, 5.74) is 1.69. The number of anilines is 1. The van der Waals surface area contributed by atoms with E-state index >= 15 is 0 Å². The zero-order valence-electron chi connectivity index (χ0n) is 12.5. The normalized spacial score (nSPS) is 15.3. The van der Waals surface area contributed by atoms with Crippen molar-refractivity contribution < 1.29 is 24.2 Å². The summed E-state index contributed by atoms with van der Waals surface area (Å²) in [7, 11) is 0. The summed E-state index contributed by atoms with van der Waals surface area (Å²) in [4.78, 5) is 26.1. The number of ether oxygens (including phenoxy) is 2. The summed E-state index contributed by atoms with van der Waals surface area (Å²) >= 11 is 1.42. The molecule has 2 aromatic carbocycles. The average Bonchev–Trinajstić information content (AvgIpc) is 3.04. The van der Waals surface area contributed by atoms with Gasteiger partial charge in [-0.3, -0.25) is 4.79 Å². The van der Waals surface area contributed by atoms with Gasteiger partial charge in [0, 0.05) is 4.90 Å². The molecule has 0 fully saturated rings. The first-order chi connectivity index (χ1) is 11.6. The Labute approximate surface area is 142 Å². The number of nitrogens with zero attached hydrogens (tertiary/aromatic N) is 1. The summed E-state index contributed by atoms with van der Waals surface area (Å²) in [6.07, 6.45) is 0. The highest BCUT2D eigenvalue weighted by atomic mass is 32.2. The molecule has 0 radical (unpaired) electrons. The van der Waals surface area contributed by atoms with Crippen molar-refractivity contribution in [2.24, 2.45) is 0 Å². The fraction of sp³-hybridized carbons (Fsp3) is 0.176. The number of carbonyl (C=O) groups is 2. The Morgan fingerprint density at radius 3 is 2.83 bits per heavy atom. The molecule has 0 aromatic heterocycles. The molecule has 0 saturated heterocycles. The molecule has 0 spiro atoms. The van der Waals surface area contributed by atoms with Gasteiger partial charge in [0.2, 0.25) is 12.7 Å². The number of benzene rings is 2. The van der Waals surface area contributed by atoms with Crippen molar-refractivity contribution in [1.29, 1.82) is 0 Å². The van der Waals surface area contributed by atoms with E-state index in [9.17, 15) is 14.7 Å². The van der Waals surface area contributed by atoms with Gasteiger partial charge in [-0.25, -0.2) is 4.79 Å². The molecule has 24 heavy (non-hydrogen) atoms. The topological polar surface area (TPSA) is 76.1 Å². The smallest absolute Gasteiger partial charge is 0.335 e. The van der Waals surface area contributed by atoms with Crippen molar-refractivity contribution >= 4 is 29.3 Å². The fourth-order valence-corrected chi connectivity index (χ4v) is 3.65. The summed E-state index contributed by atoms with van der Waals surface area (Å²) in [5, 5.41) is 9.19. The van der Waals surface area contributed by atoms with Crippen LogP contribution in [0.4, 0.5) is 5.69 Å². The number of carbonyl (C=O) groups excluding carboxylic acids is 1. The minimum Gasteiger partial charge on any atom is -0.478 e. The molecule has 0 bridgehead atoms. The van der Waals surface area contributed by atoms with Crippen LogP contribution in [0, 0.1) is 0 Å². The first kappa shape index (κ1) is 14.9. The van der Waals surface area contributed by atoms with Crippen LogP contribution in [0.25, 0.3) is 0 Å². The predicted molar refractivity (Wildman–Crippen MR) is 87.9 cm³/mol. The van der Waals surface area contributed by atoms with Crippen LogP contribution in [0.15, 0.2) is 41.3 Å². The van der Waals surface area contributed by atoms with E-state index in [0.717, 1.165) is 10.5 Å². The standard InChI is InChI=1S/C17H13NO5S/c19-16-8-24-15-4-2-11(17(20)21)6-12(15)18(16)7-10-1-3-13-14(5-10)23-9-22-13/h1-6H,7-9H2,(H,20,21). The fourth-order valence-electron chi connectivity index (χ4n) is 2.73. The highest BCUT2D eigenvalue weighted by Gasteiger charge is 2.26. The van der Waals surface area contributed by atoms with E-state index in [1.165, 1.54) is 11.8 Å². The second-order valence-electron chi connectivity index (χ2n) is 5.44. The van der Waals surface area contributed by atoms with Gasteiger partial charge in [0.1, 0.15) is 0 Å². The second kappa shape index (κ2) is 5.76. The van der Waals surface area contributed by atoms with Crippen LogP contribution in [0.5, 0.6) is 11.5 Å². The van der Waals surface area contributed by atoms with Crippen LogP contribution >= 0.6 is 11.8 Å². The molecule has 2 heterocycles. The van der Waals surface area contributed by atoms with Gasteiger partial charge < -0.3 is 19.5 Å². The summed E-state index contributed by atoms with van der Waals surface area (Å²) in [6, 6.07) is 10.4. The number of amides is 1. The Hall–Kier alpha value is -2.67. The minimum atomic E-state index is -1.01. The van der Waals surface area contributed by atoms with Gasteiger partial charge in [-0.05, 0) is 35.9 Å². The highest BCUT2D eigenvalue weighted by Crippen LogP contribution is 2.38. The Bertz CT molecular complexity index is 851. The van der Waals surface area contributed by atoms with Gasteiger partial charge >= 0.3 is 5.97 Å². The lowest BCUT2D eigenvalue weighted by molar-refractivity contribution is -0.116. The van der Waals surface area contributed by atoms with E-state index < -0.39 is 5.97 Å². The van der Waals surface area contributed by atoms with Crippen LogP contribution in [-0.4, -0.2) is 29.5 Å². The van der Waals surface area contributed by atoms with Crippen LogP contribution in [0.1, 0.15) is 15.9 Å². The van der Waals surface area contributed by atoms with E-state index in [1.807, 2.05) is 18.2 Å². The Morgan fingerprint density at radius 1 is 1.17 bits per heavy atom. The first-order valence-corrected chi connectivity index (χ1v) is 8.29. The highest BCUT2D eigenvalue weighted by molar-refractivity contribution is 8.00. The van der Waals surface area contributed by atoms with Crippen molar-refractivity contribution in [3.63, 3.8) is 0 Å². The van der Waals surface area contributed by atoms with Crippen molar-refractivity contribution in [2.45, 2.75) is 11.4 Å². The lowest BCUT2D eigenvalue weighted by Crippen LogP contribution is -2.35. The van der Waals surface area contributed by atoms with Gasteiger partial charge in [0.05, 0.1) is 23.5 Å². The number of rotatable bonds is 3. The van der Waals surface area contributed by atoms with Crippen LogP contribution < -0.4 is 14.4 Å². The molecule has 122 valence electrons. The number of aromatic carboxylic acids is 1. The summed E-state index contributed by atoms with van der Waals surface area (Å²) < 4.78 is 10.7. The third-order valence-corrected chi connectivity index (χ3v) is 4.97. The minimum absolute atomic E-state index is 0.0484. The number of carboxylic acids is 1. The van der Waals surface area contributed by atoms with Gasteiger partial charge in [-0.2, -0.15) is 0 Å². The molecule has 1 amide bonds.